The van der Waals surface area contributed by atoms with E-state index in [1.165, 1.54) is 10.3 Å². The Hall–Kier alpha value is -3.43. The highest BCUT2D eigenvalue weighted by Gasteiger charge is 2.31. The van der Waals surface area contributed by atoms with Crippen LogP contribution in [0.2, 0.25) is 0 Å². The van der Waals surface area contributed by atoms with E-state index in [2.05, 4.69) is 78.4 Å². The molecule has 6 rings (SSSR count). The molecule has 1 aliphatic heterocycles. The van der Waals surface area contributed by atoms with Crippen molar-refractivity contribution in [3.8, 4) is 22.3 Å². The Balaban J connectivity index is 1.42. The van der Waals surface area contributed by atoms with E-state index in [4.69, 9.17) is 0 Å². The lowest BCUT2D eigenvalue weighted by atomic mass is 10.0. The first kappa shape index (κ1) is 25.8. The summed E-state index contributed by atoms with van der Waals surface area (Å²) in [6.45, 7) is 1.69. The molecule has 1 aromatic heterocycles. The summed E-state index contributed by atoms with van der Waals surface area (Å²) in [6.07, 6.45) is 2.12. The Kier molecular flexibility index (Phi) is 6.81. The van der Waals surface area contributed by atoms with Crippen molar-refractivity contribution in [1.82, 2.24) is 0 Å². The number of fused-ring (bicyclic) bond motifs is 2. The minimum absolute atomic E-state index is 0.148. The third-order valence-corrected chi connectivity index (χ3v) is 10.4. The molecule has 0 fully saturated rings. The monoisotopic (exact) mass is 571 g/mol. The number of aryl methyl sites for hydroxylation is 1. The molecule has 0 saturated heterocycles. The van der Waals surface area contributed by atoms with E-state index in [1.54, 1.807) is 30.0 Å². The predicted molar refractivity (Wildman–Crippen MR) is 163 cm³/mol. The number of aromatic nitrogens is 1. The second-order valence-corrected chi connectivity index (χ2v) is 13.6. The molecule has 1 unspecified atom stereocenters. The fraction of sp³-hybridized carbons (Fsp3) is 0.129. The zero-order valence-electron chi connectivity index (χ0n) is 21.5. The zero-order valence-corrected chi connectivity index (χ0v) is 23.9. The van der Waals surface area contributed by atoms with Crippen LogP contribution >= 0.6 is 23.1 Å². The lowest BCUT2D eigenvalue weighted by molar-refractivity contribution is -0.642. The van der Waals surface area contributed by atoms with Crippen LogP contribution < -0.4 is 9.47 Å². The summed E-state index contributed by atoms with van der Waals surface area (Å²) in [5, 5.41) is 1.03. The van der Waals surface area contributed by atoms with Gasteiger partial charge < -0.3 is 4.90 Å². The molecule has 39 heavy (non-hydrogen) atoms. The topological polar surface area (TPSA) is 61.5 Å². The smallest absolute Gasteiger partial charge is 0.269 e. The van der Waals surface area contributed by atoms with E-state index >= 15 is 0 Å². The molecular formula is C31H27N2O3S3+. The van der Waals surface area contributed by atoms with E-state index in [0.717, 1.165) is 42.8 Å². The van der Waals surface area contributed by atoms with Crippen molar-refractivity contribution >= 4 is 55.2 Å². The standard InChI is InChI=1S/C31H26N2O3S3/c1-21(39(34,35)36)20-33-27-18-25(23-11-7-4-8-12-23)14-16-29(27)38-31(33)19-30-32(2)26-17-24(13-15-28(26)37-30)22-9-5-3-6-10-22/h3-19,21H,20H2,1-2H3/p+1. The summed E-state index contributed by atoms with van der Waals surface area (Å²) < 4.78 is 37.1. The van der Waals surface area contributed by atoms with Gasteiger partial charge in [0.15, 0.2) is 0 Å². The number of hydrogen-bond acceptors (Lipinski definition) is 5. The van der Waals surface area contributed by atoms with E-state index in [0.29, 0.717) is 0 Å². The van der Waals surface area contributed by atoms with Crippen LogP contribution in [-0.2, 0) is 17.2 Å². The fourth-order valence-corrected chi connectivity index (χ4v) is 7.33. The highest BCUT2D eigenvalue weighted by atomic mass is 32.2. The second-order valence-electron chi connectivity index (χ2n) is 9.62. The van der Waals surface area contributed by atoms with Crippen molar-refractivity contribution in [3.63, 3.8) is 0 Å². The predicted octanol–water partition coefficient (Wildman–Crippen LogP) is 7.25. The van der Waals surface area contributed by atoms with E-state index < -0.39 is 15.4 Å². The van der Waals surface area contributed by atoms with Crippen molar-refractivity contribution in [1.29, 1.82) is 0 Å². The molecule has 0 bridgehead atoms. The molecular weight excluding hydrogens is 545 g/mol. The van der Waals surface area contributed by atoms with Crippen LogP contribution in [0.3, 0.4) is 0 Å². The van der Waals surface area contributed by atoms with Gasteiger partial charge in [-0.25, -0.2) is 0 Å². The molecule has 0 aliphatic carbocycles. The average Bonchev–Trinajstić information content (AvgIpc) is 3.44. The highest BCUT2D eigenvalue weighted by molar-refractivity contribution is 8.04. The first-order valence-electron chi connectivity index (χ1n) is 12.6. The largest absolute Gasteiger partial charge is 0.333 e. The maximum atomic E-state index is 12.0. The number of nitrogens with zero attached hydrogens (tertiary/aromatic N) is 2. The van der Waals surface area contributed by atoms with Gasteiger partial charge in [-0.15, -0.1) is 0 Å². The van der Waals surface area contributed by atoms with E-state index in [1.807, 2.05) is 41.3 Å². The van der Waals surface area contributed by atoms with Crippen LogP contribution in [0.25, 0.3) is 38.5 Å². The maximum Gasteiger partial charge on any atom is 0.269 e. The van der Waals surface area contributed by atoms with Crippen LogP contribution in [0.5, 0.6) is 0 Å². The molecule has 0 radical (unpaired) electrons. The van der Waals surface area contributed by atoms with Crippen molar-refractivity contribution < 1.29 is 17.5 Å². The lowest BCUT2D eigenvalue weighted by Crippen LogP contribution is -2.33. The number of thiazole rings is 1. The summed E-state index contributed by atoms with van der Waals surface area (Å²) in [6, 6.07) is 33.3. The third-order valence-electron chi connectivity index (χ3n) is 7.01. The Bertz CT molecular complexity index is 1810. The van der Waals surface area contributed by atoms with Gasteiger partial charge in [0.05, 0.1) is 16.8 Å². The Morgan fingerprint density at radius 1 is 0.872 bits per heavy atom. The van der Waals surface area contributed by atoms with Gasteiger partial charge in [-0.3, -0.25) is 4.55 Å². The summed E-state index contributed by atoms with van der Waals surface area (Å²) in [4.78, 5) is 3.07. The Labute approximate surface area is 236 Å². The van der Waals surface area contributed by atoms with Crippen LogP contribution in [0.1, 0.15) is 11.9 Å². The van der Waals surface area contributed by atoms with Gasteiger partial charge in [0, 0.05) is 17.5 Å². The molecule has 1 N–H and O–H groups in total. The van der Waals surface area contributed by atoms with Gasteiger partial charge in [0.2, 0.25) is 5.52 Å². The lowest BCUT2D eigenvalue weighted by Gasteiger charge is -2.23. The SMILES string of the molecule is CC(CN1C(=Cc2sc3ccc(-c4ccccc4)cc3[n+]2C)Sc2ccc(-c3ccccc3)cc21)S(=O)(=O)O. The fourth-order valence-electron chi connectivity index (χ4n) is 4.77. The Morgan fingerprint density at radius 3 is 2.13 bits per heavy atom. The van der Waals surface area contributed by atoms with Crippen LogP contribution in [0.15, 0.2) is 107 Å². The number of anilines is 1. The summed E-state index contributed by atoms with van der Waals surface area (Å²) in [7, 11) is -2.13. The van der Waals surface area contributed by atoms with E-state index in [9.17, 15) is 13.0 Å². The molecule has 0 amide bonds. The third kappa shape index (κ3) is 5.13. The molecule has 1 atom stereocenters. The van der Waals surface area contributed by atoms with Crippen molar-refractivity contribution in [2.45, 2.75) is 17.1 Å². The van der Waals surface area contributed by atoms with Crippen LogP contribution in [0.4, 0.5) is 5.69 Å². The minimum atomic E-state index is -4.19. The molecule has 1 aliphatic rings. The molecule has 196 valence electrons. The van der Waals surface area contributed by atoms with Gasteiger partial charge in [-0.1, -0.05) is 95.9 Å². The molecule has 5 nitrogen and oxygen atoms in total. The number of hydrogen-bond donors (Lipinski definition) is 1. The number of thioether (sulfide) groups is 1. The summed E-state index contributed by atoms with van der Waals surface area (Å²) in [5.41, 5.74) is 6.57. The molecule has 8 heteroatoms. The first-order valence-corrected chi connectivity index (χ1v) is 15.7. The molecule has 4 aromatic carbocycles. The molecule has 2 heterocycles. The highest BCUT2D eigenvalue weighted by Crippen LogP contribution is 2.48. The zero-order chi connectivity index (χ0) is 27.1. The normalized spacial score (nSPS) is 15.2. The van der Waals surface area contributed by atoms with Gasteiger partial charge >= 0.3 is 0 Å². The van der Waals surface area contributed by atoms with Crippen molar-refractivity contribution in [2.75, 3.05) is 11.4 Å². The summed E-state index contributed by atoms with van der Waals surface area (Å²) >= 11 is 3.32. The molecule has 0 saturated carbocycles. The van der Waals surface area contributed by atoms with Gasteiger partial charge in [-0.2, -0.15) is 13.0 Å². The first-order chi connectivity index (χ1) is 18.8. The maximum absolute atomic E-state index is 12.0. The molecule has 5 aromatic rings. The average molecular weight is 572 g/mol. The molecule has 0 spiro atoms. The minimum Gasteiger partial charge on any atom is -0.333 e. The number of benzene rings is 4. The number of rotatable bonds is 6. The van der Waals surface area contributed by atoms with Gasteiger partial charge in [-0.05, 0) is 47.4 Å². The van der Waals surface area contributed by atoms with Crippen LogP contribution in [-0.4, -0.2) is 24.8 Å². The van der Waals surface area contributed by atoms with Gasteiger partial charge in [0.1, 0.15) is 17.0 Å². The van der Waals surface area contributed by atoms with Crippen molar-refractivity contribution in [3.05, 3.63) is 107 Å². The van der Waals surface area contributed by atoms with Crippen LogP contribution in [0, 0.1) is 0 Å². The van der Waals surface area contributed by atoms with Gasteiger partial charge in [0.25, 0.3) is 15.1 Å². The van der Waals surface area contributed by atoms with Crippen molar-refractivity contribution in [2.24, 2.45) is 7.05 Å². The van der Waals surface area contributed by atoms with E-state index in [-0.39, 0.29) is 6.54 Å². The summed E-state index contributed by atoms with van der Waals surface area (Å²) in [5.74, 6) is 0. The quantitative estimate of drug-likeness (QED) is 0.172. The second kappa shape index (κ2) is 10.3. The Morgan fingerprint density at radius 2 is 1.49 bits per heavy atom.